The molecule has 1 unspecified atom stereocenters. The van der Waals surface area contributed by atoms with E-state index in [1.165, 1.54) is 5.56 Å². The fourth-order valence-corrected chi connectivity index (χ4v) is 1.86. The second kappa shape index (κ2) is 8.94. The number of hydrogen-bond acceptors (Lipinski definition) is 3. The van der Waals surface area contributed by atoms with Crippen LogP contribution >= 0.6 is 11.6 Å². The third-order valence-corrected chi connectivity index (χ3v) is 3.10. The standard InChI is InChI=1S/C15H22ClNO2/c1-12(2)14(10-15(18)19-9-8-16)17-11-13-6-4-3-5-7-13/h3-7,12,14,17H,8-11H2,1-2H3. The Hall–Kier alpha value is -1.06. The van der Waals surface area contributed by atoms with Gasteiger partial charge in [-0.25, -0.2) is 0 Å². The molecule has 0 heterocycles. The molecule has 0 aliphatic rings. The van der Waals surface area contributed by atoms with Crippen LogP contribution in [0.5, 0.6) is 0 Å². The summed E-state index contributed by atoms with van der Waals surface area (Å²) < 4.78 is 5.01. The molecule has 1 N–H and O–H groups in total. The maximum Gasteiger partial charge on any atom is 0.307 e. The molecule has 0 aromatic heterocycles. The first-order valence-electron chi connectivity index (χ1n) is 6.62. The normalized spacial score (nSPS) is 12.4. The zero-order valence-corrected chi connectivity index (χ0v) is 12.3. The van der Waals surface area contributed by atoms with Crippen LogP contribution < -0.4 is 5.32 Å². The van der Waals surface area contributed by atoms with E-state index in [2.05, 4.69) is 31.3 Å². The number of hydrogen-bond donors (Lipinski definition) is 1. The molecule has 1 atom stereocenters. The number of halogens is 1. The summed E-state index contributed by atoms with van der Waals surface area (Å²) in [4.78, 5) is 11.6. The number of ether oxygens (including phenoxy) is 1. The van der Waals surface area contributed by atoms with Gasteiger partial charge in [0.15, 0.2) is 0 Å². The van der Waals surface area contributed by atoms with Crippen LogP contribution in [0.2, 0.25) is 0 Å². The monoisotopic (exact) mass is 283 g/mol. The molecule has 0 amide bonds. The number of esters is 1. The lowest BCUT2D eigenvalue weighted by Gasteiger charge is -2.21. The Kier molecular flexibility index (Phi) is 7.53. The minimum atomic E-state index is -0.195. The van der Waals surface area contributed by atoms with Crippen molar-refractivity contribution in [3.8, 4) is 0 Å². The Balaban J connectivity index is 2.42. The number of benzene rings is 1. The topological polar surface area (TPSA) is 38.3 Å². The van der Waals surface area contributed by atoms with E-state index in [9.17, 15) is 4.79 Å². The van der Waals surface area contributed by atoms with Crippen LogP contribution in [0.1, 0.15) is 25.8 Å². The molecular weight excluding hydrogens is 262 g/mol. The summed E-state index contributed by atoms with van der Waals surface area (Å²) in [5.41, 5.74) is 1.21. The summed E-state index contributed by atoms with van der Waals surface area (Å²) in [5.74, 6) is 0.516. The predicted molar refractivity (Wildman–Crippen MR) is 78.2 cm³/mol. The fraction of sp³-hybridized carbons (Fsp3) is 0.533. The van der Waals surface area contributed by atoms with Crippen LogP contribution in [0.15, 0.2) is 30.3 Å². The smallest absolute Gasteiger partial charge is 0.307 e. The number of carbonyl (C=O) groups is 1. The van der Waals surface area contributed by atoms with E-state index in [1.54, 1.807) is 0 Å². The highest BCUT2D eigenvalue weighted by molar-refractivity contribution is 6.18. The summed E-state index contributed by atoms with van der Waals surface area (Å²) in [6.07, 6.45) is 0.376. The van der Waals surface area contributed by atoms with E-state index in [0.29, 0.717) is 18.2 Å². The van der Waals surface area contributed by atoms with Crippen molar-refractivity contribution in [3.63, 3.8) is 0 Å². The predicted octanol–water partition coefficient (Wildman–Crippen LogP) is 2.97. The highest BCUT2D eigenvalue weighted by Crippen LogP contribution is 2.09. The van der Waals surface area contributed by atoms with Crippen molar-refractivity contribution in [3.05, 3.63) is 35.9 Å². The van der Waals surface area contributed by atoms with Gasteiger partial charge in [0, 0.05) is 12.6 Å². The second-order valence-corrected chi connectivity index (χ2v) is 5.21. The van der Waals surface area contributed by atoms with Gasteiger partial charge >= 0.3 is 5.97 Å². The van der Waals surface area contributed by atoms with Crippen LogP contribution in [0.25, 0.3) is 0 Å². The minimum absolute atomic E-state index is 0.114. The van der Waals surface area contributed by atoms with E-state index in [1.807, 2.05) is 18.2 Å². The second-order valence-electron chi connectivity index (χ2n) is 4.83. The summed E-state index contributed by atoms with van der Waals surface area (Å²) in [7, 11) is 0. The van der Waals surface area contributed by atoms with E-state index >= 15 is 0 Å². The molecule has 1 rings (SSSR count). The summed E-state index contributed by atoms with van der Waals surface area (Å²) >= 11 is 5.49. The van der Waals surface area contributed by atoms with Crippen LogP contribution in [-0.4, -0.2) is 24.5 Å². The van der Waals surface area contributed by atoms with Crippen LogP contribution in [0.3, 0.4) is 0 Å². The quantitative estimate of drug-likeness (QED) is 0.589. The molecule has 106 valence electrons. The van der Waals surface area contributed by atoms with Crippen molar-refractivity contribution >= 4 is 17.6 Å². The maximum atomic E-state index is 11.6. The number of carbonyl (C=O) groups excluding carboxylic acids is 1. The zero-order valence-electron chi connectivity index (χ0n) is 11.6. The zero-order chi connectivity index (χ0) is 14.1. The minimum Gasteiger partial charge on any atom is -0.464 e. The Morgan fingerprint density at radius 1 is 1.32 bits per heavy atom. The van der Waals surface area contributed by atoms with Gasteiger partial charge < -0.3 is 10.1 Å². The van der Waals surface area contributed by atoms with Gasteiger partial charge in [-0.05, 0) is 11.5 Å². The lowest BCUT2D eigenvalue weighted by molar-refractivity contribution is -0.143. The first kappa shape index (κ1) is 16.0. The van der Waals surface area contributed by atoms with Crippen molar-refractivity contribution < 1.29 is 9.53 Å². The molecular formula is C15H22ClNO2. The van der Waals surface area contributed by atoms with Gasteiger partial charge in [0.05, 0.1) is 12.3 Å². The molecule has 4 heteroatoms. The van der Waals surface area contributed by atoms with Gasteiger partial charge in [0.25, 0.3) is 0 Å². The van der Waals surface area contributed by atoms with Gasteiger partial charge in [0.1, 0.15) is 6.61 Å². The van der Waals surface area contributed by atoms with Crippen molar-refractivity contribution in [1.29, 1.82) is 0 Å². The molecule has 1 aromatic rings. The average Bonchev–Trinajstić information content (AvgIpc) is 2.42. The van der Waals surface area contributed by atoms with Gasteiger partial charge in [0.2, 0.25) is 0 Å². The highest BCUT2D eigenvalue weighted by Gasteiger charge is 2.17. The maximum absolute atomic E-state index is 11.6. The van der Waals surface area contributed by atoms with Gasteiger partial charge in [-0.2, -0.15) is 0 Å². The van der Waals surface area contributed by atoms with E-state index in [4.69, 9.17) is 16.3 Å². The largest absolute Gasteiger partial charge is 0.464 e. The molecule has 0 spiro atoms. The van der Waals surface area contributed by atoms with Gasteiger partial charge in [-0.3, -0.25) is 4.79 Å². The molecule has 0 radical (unpaired) electrons. The molecule has 0 aliphatic heterocycles. The molecule has 0 saturated heterocycles. The van der Waals surface area contributed by atoms with E-state index in [0.717, 1.165) is 6.54 Å². The van der Waals surface area contributed by atoms with Crippen LogP contribution in [0.4, 0.5) is 0 Å². The third kappa shape index (κ3) is 6.60. The van der Waals surface area contributed by atoms with Gasteiger partial charge in [-0.15, -0.1) is 11.6 Å². The number of nitrogens with one attached hydrogen (secondary N) is 1. The van der Waals surface area contributed by atoms with Gasteiger partial charge in [-0.1, -0.05) is 44.2 Å². The number of alkyl halides is 1. The number of rotatable bonds is 8. The molecule has 1 aromatic carbocycles. The molecule has 3 nitrogen and oxygen atoms in total. The third-order valence-electron chi connectivity index (χ3n) is 2.94. The lowest BCUT2D eigenvalue weighted by atomic mass is 10.0. The highest BCUT2D eigenvalue weighted by atomic mass is 35.5. The van der Waals surface area contributed by atoms with Crippen molar-refractivity contribution in [2.45, 2.75) is 32.9 Å². The van der Waals surface area contributed by atoms with Crippen molar-refractivity contribution in [1.82, 2.24) is 5.32 Å². The molecule has 0 fully saturated rings. The molecule has 19 heavy (non-hydrogen) atoms. The lowest BCUT2D eigenvalue weighted by Crippen LogP contribution is -2.36. The first-order chi connectivity index (χ1) is 9.13. The SMILES string of the molecule is CC(C)C(CC(=O)OCCCl)NCc1ccccc1. The van der Waals surface area contributed by atoms with Crippen LogP contribution in [0, 0.1) is 5.92 Å². The Morgan fingerprint density at radius 3 is 2.58 bits per heavy atom. The first-order valence-corrected chi connectivity index (χ1v) is 7.16. The summed E-state index contributed by atoms with van der Waals surface area (Å²) in [5, 5.41) is 3.41. The van der Waals surface area contributed by atoms with E-state index < -0.39 is 0 Å². The summed E-state index contributed by atoms with van der Waals surface area (Å²) in [6.45, 7) is 5.23. The average molecular weight is 284 g/mol. The van der Waals surface area contributed by atoms with Crippen molar-refractivity contribution in [2.75, 3.05) is 12.5 Å². The Bertz CT molecular complexity index is 368. The molecule has 0 bridgehead atoms. The summed E-state index contributed by atoms with van der Waals surface area (Å²) in [6, 6.07) is 10.3. The van der Waals surface area contributed by atoms with E-state index in [-0.39, 0.29) is 18.6 Å². The Morgan fingerprint density at radius 2 is 2.00 bits per heavy atom. The molecule has 0 saturated carbocycles. The Labute approximate surface area is 120 Å². The molecule has 0 aliphatic carbocycles. The fourth-order valence-electron chi connectivity index (χ4n) is 1.78. The van der Waals surface area contributed by atoms with Crippen LogP contribution in [-0.2, 0) is 16.1 Å². The van der Waals surface area contributed by atoms with Crippen molar-refractivity contribution in [2.24, 2.45) is 5.92 Å².